The standard InChI is InChI=1S/C16H18ClN7O/c1-25-8-11-2-10(4-19-11)22-15-6-18-7-16(23-15)24-9-21-12-5-20-14(17)3-13(12)24/h3,5-7,9-11,19H,2,4,8H2,1H3,(H,22,23)/t10-,11+/m1/s1. The van der Waals surface area contributed by atoms with Crippen molar-refractivity contribution in [3.63, 3.8) is 0 Å². The number of rotatable bonds is 5. The fraction of sp³-hybridized carbons (Fsp3) is 0.375. The number of nitrogens with one attached hydrogen (secondary N) is 2. The molecule has 0 aromatic carbocycles. The number of anilines is 1. The Balaban J connectivity index is 1.56. The summed E-state index contributed by atoms with van der Waals surface area (Å²) in [6.45, 7) is 1.58. The summed E-state index contributed by atoms with van der Waals surface area (Å²) in [6.07, 6.45) is 7.74. The van der Waals surface area contributed by atoms with Gasteiger partial charge >= 0.3 is 0 Å². The number of methoxy groups -OCH3 is 1. The maximum absolute atomic E-state index is 6.00. The summed E-state index contributed by atoms with van der Waals surface area (Å²) in [5.41, 5.74) is 1.60. The summed E-state index contributed by atoms with van der Waals surface area (Å²) in [7, 11) is 1.72. The summed E-state index contributed by atoms with van der Waals surface area (Å²) in [5.74, 6) is 1.40. The minimum Gasteiger partial charge on any atom is -0.383 e. The topological polar surface area (TPSA) is 89.8 Å². The van der Waals surface area contributed by atoms with Crippen LogP contribution < -0.4 is 10.6 Å². The number of imidazole rings is 1. The van der Waals surface area contributed by atoms with Crippen molar-refractivity contribution in [2.24, 2.45) is 0 Å². The average molecular weight is 360 g/mol. The zero-order valence-corrected chi connectivity index (χ0v) is 14.4. The Kier molecular flexibility index (Phi) is 4.48. The molecule has 0 saturated carbocycles. The predicted molar refractivity (Wildman–Crippen MR) is 95.2 cm³/mol. The Morgan fingerprint density at radius 1 is 1.36 bits per heavy atom. The smallest absolute Gasteiger partial charge is 0.159 e. The van der Waals surface area contributed by atoms with Crippen molar-refractivity contribution in [3.05, 3.63) is 36.1 Å². The van der Waals surface area contributed by atoms with Crippen LogP contribution in [0.1, 0.15) is 6.42 Å². The number of hydrogen-bond donors (Lipinski definition) is 2. The van der Waals surface area contributed by atoms with Crippen molar-refractivity contribution in [3.8, 4) is 5.82 Å². The third-order valence-corrected chi connectivity index (χ3v) is 4.42. The van der Waals surface area contributed by atoms with Crippen LogP contribution >= 0.6 is 11.6 Å². The zero-order valence-electron chi connectivity index (χ0n) is 13.7. The van der Waals surface area contributed by atoms with E-state index in [4.69, 9.17) is 16.3 Å². The number of nitrogens with zero attached hydrogens (tertiary/aromatic N) is 5. The van der Waals surface area contributed by atoms with Gasteiger partial charge in [-0.15, -0.1) is 0 Å². The lowest BCUT2D eigenvalue weighted by Crippen LogP contribution is -2.26. The van der Waals surface area contributed by atoms with E-state index < -0.39 is 0 Å². The number of ether oxygens (including phenoxy) is 1. The molecule has 1 aliphatic rings. The second-order valence-electron chi connectivity index (χ2n) is 6.01. The maximum Gasteiger partial charge on any atom is 0.159 e. The van der Waals surface area contributed by atoms with E-state index in [9.17, 15) is 0 Å². The van der Waals surface area contributed by atoms with Gasteiger partial charge < -0.3 is 15.4 Å². The quantitative estimate of drug-likeness (QED) is 0.669. The van der Waals surface area contributed by atoms with Crippen LogP contribution in [0.3, 0.4) is 0 Å². The number of fused-ring (bicyclic) bond motifs is 1. The highest BCUT2D eigenvalue weighted by Gasteiger charge is 2.24. The van der Waals surface area contributed by atoms with E-state index in [0.717, 1.165) is 29.8 Å². The lowest BCUT2D eigenvalue weighted by Gasteiger charge is -2.13. The predicted octanol–water partition coefficient (Wildman–Crippen LogP) is 1.65. The molecule has 0 amide bonds. The molecule has 9 heteroatoms. The molecule has 3 aromatic heterocycles. The largest absolute Gasteiger partial charge is 0.383 e. The molecule has 1 fully saturated rings. The first kappa shape index (κ1) is 16.2. The van der Waals surface area contributed by atoms with Crippen molar-refractivity contribution in [2.45, 2.75) is 18.5 Å². The molecular formula is C16H18ClN7O. The maximum atomic E-state index is 6.00. The molecule has 0 bridgehead atoms. The summed E-state index contributed by atoms with van der Waals surface area (Å²) in [5, 5.41) is 7.27. The summed E-state index contributed by atoms with van der Waals surface area (Å²) < 4.78 is 7.05. The number of halogens is 1. The van der Waals surface area contributed by atoms with Gasteiger partial charge in [-0.05, 0) is 6.42 Å². The molecule has 130 valence electrons. The van der Waals surface area contributed by atoms with Gasteiger partial charge in [-0.2, -0.15) is 0 Å². The minimum absolute atomic E-state index is 0.294. The fourth-order valence-corrected chi connectivity index (χ4v) is 3.23. The highest BCUT2D eigenvalue weighted by molar-refractivity contribution is 6.29. The van der Waals surface area contributed by atoms with Gasteiger partial charge in [0.2, 0.25) is 0 Å². The normalized spacial score (nSPS) is 20.2. The molecule has 0 spiro atoms. The summed E-state index contributed by atoms with van der Waals surface area (Å²) in [6, 6.07) is 2.43. The van der Waals surface area contributed by atoms with E-state index in [1.807, 2.05) is 4.57 Å². The van der Waals surface area contributed by atoms with Gasteiger partial charge in [-0.25, -0.2) is 15.0 Å². The monoisotopic (exact) mass is 359 g/mol. The van der Waals surface area contributed by atoms with Crippen LogP contribution in [0.15, 0.2) is 31.0 Å². The van der Waals surface area contributed by atoms with Gasteiger partial charge in [0.15, 0.2) is 5.82 Å². The molecule has 25 heavy (non-hydrogen) atoms. The van der Waals surface area contributed by atoms with Gasteiger partial charge in [-0.3, -0.25) is 9.55 Å². The van der Waals surface area contributed by atoms with E-state index in [1.165, 1.54) is 0 Å². The van der Waals surface area contributed by atoms with Gasteiger partial charge in [0.05, 0.1) is 30.7 Å². The molecule has 0 unspecified atom stereocenters. The van der Waals surface area contributed by atoms with Crippen LogP contribution in [-0.4, -0.2) is 56.8 Å². The zero-order chi connectivity index (χ0) is 17.2. The van der Waals surface area contributed by atoms with Crippen molar-refractivity contribution in [1.29, 1.82) is 0 Å². The van der Waals surface area contributed by atoms with Crippen LogP contribution in [0.25, 0.3) is 16.9 Å². The molecule has 8 nitrogen and oxygen atoms in total. The van der Waals surface area contributed by atoms with Gasteiger partial charge in [0.25, 0.3) is 0 Å². The molecule has 1 aliphatic heterocycles. The highest BCUT2D eigenvalue weighted by Crippen LogP contribution is 2.20. The molecule has 2 N–H and O–H groups in total. The molecule has 0 aliphatic carbocycles. The number of hydrogen-bond acceptors (Lipinski definition) is 7. The number of aromatic nitrogens is 5. The highest BCUT2D eigenvalue weighted by atomic mass is 35.5. The van der Waals surface area contributed by atoms with Crippen molar-refractivity contribution in [2.75, 3.05) is 25.6 Å². The lowest BCUT2D eigenvalue weighted by atomic mass is 10.2. The van der Waals surface area contributed by atoms with E-state index in [-0.39, 0.29) is 0 Å². The van der Waals surface area contributed by atoms with Gasteiger partial charge in [0, 0.05) is 31.8 Å². The van der Waals surface area contributed by atoms with Crippen molar-refractivity contribution in [1.82, 2.24) is 29.8 Å². The van der Waals surface area contributed by atoms with Crippen LogP contribution in [0, 0.1) is 0 Å². The SMILES string of the molecule is COC[C@@H]1C[C@@H](Nc2cncc(-n3cnc4cnc(Cl)cc43)n2)CN1. The van der Waals surface area contributed by atoms with Crippen LogP contribution in [0.5, 0.6) is 0 Å². The third kappa shape index (κ3) is 3.41. The van der Waals surface area contributed by atoms with Crippen LogP contribution in [0.2, 0.25) is 5.15 Å². The van der Waals surface area contributed by atoms with Gasteiger partial charge in [0.1, 0.15) is 22.8 Å². The first-order valence-electron chi connectivity index (χ1n) is 8.03. The molecule has 4 rings (SSSR count). The first-order valence-corrected chi connectivity index (χ1v) is 8.40. The number of pyridine rings is 1. The molecular weight excluding hydrogens is 342 g/mol. The third-order valence-electron chi connectivity index (χ3n) is 4.21. The molecule has 3 aromatic rings. The summed E-state index contributed by atoms with van der Waals surface area (Å²) >= 11 is 6.00. The molecule has 2 atom stereocenters. The van der Waals surface area contributed by atoms with E-state index in [2.05, 4.69) is 30.6 Å². The molecule has 0 radical (unpaired) electrons. The molecule has 1 saturated heterocycles. The Labute approximate surface area is 149 Å². The first-order chi connectivity index (χ1) is 12.2. The Bertz CT molecular complexity index is 884. The van der Waals surface area contributed by atoms with Crippen LogP contribution in [0.4, 0.5) is 5.82 Å². The lowest BCUT2D eigenvalue weighted by molar-refractivity contribution is 0.173. The van der Waals surface area contributed by atoms with E-state index >= 15 is 0 Å². The van der Waals surface area contributed by atoms with Crippen molar-refractivity contribution < 1.29 is 4.74 Å². The Hall–Kier alpha value is -2.29. The minimum atomic E-state index is 0.294. The van der Waals surface area contributed by atoms with Crippen LogP contribution in [-0.2, 0) is 4.74 Å². The second kappa shape index (κ2) is 6.91. The fourth-order valence-electron chi connectivity index (χ4n) is 3.08. The van der Waals surface area contributed by atoms with E-state index in [0.29, 0.717) is 29.7 Å². The molecule has 4 heterocycles. The van der Waals surface area contributed by atoms with Crippen molar-refractivity contribution >= 4 is 28.5 Å². The van der Waals surface area contributed by atoms with E-state index in [1.54, 1.807) is 38.1 Å². The Morgan fingerprint density at radius 3 is 3.16 bits per heavy atom. The summed E-state index contributed by atoms with van der Waals surface area (Å²) in [4.78, 5) is 17.3. The Morgan fingerprint density at radius 2 is 2.28 bits per heavy atom. The average Bonchev–Trinajstić information content (AvgIpc) is 3.22. The van der Waals surface area contributed by atoms with Gasteiger partial charge in [-0.1, -0.05) is 11.6 Å². The second-order valence-corrected chi connectivity index (χ2v) is 6.40.